The Labute approximate surface area is 114 Å². The highest BCUT2D eigenvalue weighted by Crippen LogP contribution is 2.27. The molecule has 0 saturated carbocycles. The summed E-state index contributed by atoms with van der Waals surface area (Å²) in [6, 6.07) is 9.43. The van der Waals surface area contributed by atoms with Crippen LogP contribution in [-0.2, 0) is 9.59 Å². The normalized spacial score (nSPS) is 11.1. The molecule has 0 radical (unpaired) electrons. The van der Waals surface area contributed by atoms with Crippen LogP contribution in [-0.4, -0.2) is 23.5 Å². The van der Waals surface area contributed by atoms with Gasteiger partial charge in [-0.25, -0.2) is 0 Å². The van der Waals surface area contributed by atoms with E-state index in [4.69, 9.17) is 5.11 Å². The maximum absolute atomic E-state index is 12.3. The van der Waals surface area contributed by atoms with Gasteiger partial charge in [-0.3, -0.25) is 9.59 Å². The van der Waals surface area contributed by atoms with Crippen LogP contribution < -0.4 is 4.90 Å². The maximum Gasteiger partial charge on any atom is 0.303 e. The molecule has 0 heterocycles. The summed E-state index contributed by atoms with van der Waals surface area (Å²) in [5, 5.41) is 8.85. The monoisotopic (exact) mass is 263 g/mol. The molecule has 0 spiro atoms. The molecule has 0 unspecified atom stereocenters. The highest BCUT2D eigenvalue weighted by molar-refractivity contribution is 5.93. The van der Waals surface area contributed by atoms with Crippen LogP contribution in [0.2, 0.25) is 0 Å². The van der Waals surface area contributed by atoms with Crippen LogP contribution in [0.5, 0.6) is 0 Å². The van der Waals surface area contributed by atoms with E-state index >= 15 is 0 Å². The van der Waals surface area contributed by atoms with E-state index in [-0.39, 0.29) is 18.7 Å². The van der Waals surface area contributed by atoms with Gasteiger partial charge in [0.1, 0.15) is 0 Å². The number of carbonyl (C=O) groups excluding carboxylic acids is 1. The molecule has 4 heteroatoms. The van der Waals surface area contributed by atoms with Crippen LogP contribution in [0.15, 0.2) is 30.3 Å². The summed E-state index contributed by atoms with van der Waals surface area (Å²) in [6.07, 6.45) is 0.215. The van der Waals surface area contributed by atoms with E-state index in [0.29, 0.717) is 6.54 Å². The molecule has 0 aromatic heterocycles. The second kappa shape index (κ2) is 6.36. The number of aliphatic carboxylic acids is 1. The molecule has 0 aliphatic heterocycles. The molecule has 104 valence electrons. The number of nitrogens with zero attached hydrogens (tertiary/aromatic N) is 1. The standard InChI is InChI=1S/C15H21NO3/c1-4-16(12-8-6-5-7-9-12)13(17)10-15(2,3)11-14(18)19/h5-9H,4,10-11H2,1-3H3,(H,18,19). The van der Waals surface area contributed by atoms with Gasteiger partial charge in [-0.1, -0.05) is 32.0 Å². The van der Waals surface area contributed by atoms with E-state index in [9.17, 15) is 9.59 Å². The Hall–Kier alpha value is -1.84. The molecule has 1 rings (SSSR count). The average Bonchev–Trinajstić information content (AvgIpc) is 2.28. The zero-order valence-electron chi connectivity index (χ0n) is 11.7. The van der Waals surface area contributed by atoms with Crippen molar-refractivity contribution in [3.05, 3.63) is 30.3 Å². The van der Waals surface area contributed by atoms with Crippen molar-refractivity contribution >= 4 is 17.6 Å². The zero-order chi connectivity index (χ0) is 14.5. The van der Waals surface area contributed by atoms with Crippen LogP contribution in [0, 0.1) is 5.41 Å². The van der Waals surface area contributed by atoms with Crippen LogP contribution in [0.4, 0.5) is 5.69 Å². The number of carboxylic acid groups (broad SMARTS) is 1. The van der Waals surface area contributed by atoms with Gasteiger partial charge in [-0.15, -0.1) is 0 Å². The number of carbonyl (C=O) groups is 2. The number of carboxylic acids is 1. The van der Waals surface area contributed by atoms with Crippen LogP contribution >= 0.6 is 0 Å². The first-order chi connectivity index (χ1) is 8.85. The smallest absolute Gasteiger partial charge is 0.303 e. The lowest BCUT2D eigenvalue weighted by molar-refractivity contribution is -0.139. The van der Waals surface area contributed by atoms with Crippen molar-refractivity contribution in [2.24, 2.45) is 5.41 Å². The van der Waals surface area contributed by atoms with E-state index in [2.05, 4.69) is 0 Å². The van der Waals surface area contributed by atoms with Gasteiger partial charge in [0.2, 0.25) is 5.91 Å². The number of hydrogen-bond acceptors (Lipinski definition) is 2. The molecule has 1 amide bonds. The van der Waals surface area contributed by atoms with Gasteiger partial charge in [0.15, 0.2) is 0 Å². The van der Waals surface area contributed by atoms with Crippen LogP contribution in [0.1, 0.15) is 33.6 Å². The fourth-order valence-electron chi connectivity index (χ4n) is 2.09. The van der Waals surface area contributed by atoms with Gasteiger partial charge in [-0.2, -0.15) is 0 Å². The molecule has 0 atom stereocenters. The SMILES string of the molecule is CCN(C(=O)CC(C)(C)CC(=O)O)c1ccccc1. The summed E-state index contributed by atoms with van der Waals surface area (Å²) >= 11 is 0. The number of anilines is 1. The van der Waals surface area contributed by atoms with Crippen molar-refractivity contribution in [1.29, 1.82) is 0 Å². The summed E-state index contributed by atoms with van der Waals surface area (Å²) in [6.45, 7) is 6.09. The second-order valence-electron chi connectivity index (χ2n) is 5.39. The third-order valence-corrected chi connectivity index (χ3v) is 2.94. The maximum atomic E-state index is 12.3. The third kappa shape index (κ3) is 4.73. The predicted octanol–water partition coefficient (Wildman–Crippen LogP) is 2.93. The molecule has 0 saturated heterocycles. The Morgan fingerprint density at radius 1 is 1.16 bits per heavy atom. The van der Waals surface area contributed by atoms with E-state index in [1.165, 1.54) is 0 Å². The second-order valence-corrected chi connectivity index (χ2v) is 5.39. The van der Waals surface area contributed by atoms with Crippen molar-refractivity contribution < 1.29 is 14.7 Å². The van der Waals surface area contributed by atoms with Crippen molar-refractivity contribution in [2.75, 3.05) is 11.4 Å². The Bertz CT molecular complexity index is 440. The number of benzene rings is 1. The van der Waals surface area contributed by atoms with Gasteiger partial charge < -0.3 is 10.0 Å². The lowest BCUT2D eigenvalue weighted by Gasteiger charge is -2.27. The first-order valence-corrected chi connectivity index (χ1v) is 6.43. The minimum atomic E-state index is -0.874. The first kappa shape index (κ1) is 15.2. The Kier molecular flexibility index (Phi) is 5.10. The minimum Gasteiger partial charge on any atom is -0.481 e. The van der Waals surface area contributed by atoms with Gasteiger partial charge >= 0.3 is 5.97 Å². The van der Waals surface area contributed by atoms with Crippen molar-refractivity contribution in [3.63, 3.8) is 0 Å². The highest BCUT2D eigenvalue weighted by Gasteiger charge is 2.27. The predicted molar refractivity (Wildman–Crippen MR) is 75.1 cm³/mol. The van der Waals surface area contributed by atoms with Gasteiger partial charge in [0, 0.05) is 18.7 Å². The molecular formula is C15H21NO3. The van der Waals surface area contributed by atoms with Crippen molar-refractivity contribution in [3.8, 4) is 0 Å². The van der Waals surface area contributed by atoms with Crippen LogP contribution in [0.3, 0.4) is 0 Å². The molecule has 4 nitrogen and oxygen atoms in total. The first-order valence-electron chi connectivity index (χ1n) is 6.43. The molecule has 0 bridgehead atoms. The summed E-state index contributed by atoms with van der Waals surface area (Å²) < 4.78 is 0. The third-order valence-electron chi connectivity index (χ3n) is 2.94. The number of rotatable bonds is 6. The molecular weight excluding hydrogens is 242 g/mol. The van der Waals surface area contributed by atoms with Gasteiger partial charge in [0.05, 0.1) is 6.42 Å². The molecule has 0 aliphatic carbocycles. The lowest BCUT2D eigenvalue weighted by Crippen LogP contribution is -2.34. The van der Waals surface area contributed by atoms with Crippen LogP contribution in [0.25, 0.3) is 0 Å². The minimum absolute atomic E-state index is 0.00885. The Morgan fingerprint density at radius 3 is 2.21 bits per heavy atom. The fourth-order valence-corrected chi connectivity index (χ4v) is 2.09. The number of hydrogen-bond donors (Lipinski definition) is 1. The van der Waals surface area contributed by atoms with E-state index < -0.39 is 11.4 Å². The van der Waals surface area contributed by atoms with E-state index in [0.717, 1.165) is 5.69 Å². The molecule has 19 heavy (non-hydrogen) atoms. The number of amides is 1. The van der Waals surface area contributed by atoms with Gasteiger partial charge in [0.25, 0.3) is 0 Å². The summed E-state index contributed by atoms with van der Waals surface area (Å²) in [7, 11) is 0. The topological polar surface area (TPSA) is 57.6 Å². The zero-order valence-corrected chi connectivity index (χ0v) is 11.7. The largest absolute Gasteiger partial charge is 0.481 e. The fraction of sp³-hybridized carbons (Fsp3) is 0.467. The average molecular weight is 263 g/mol. The Balaban J connectivity index is 2.78. The quantitative estimate of drug-likeness (QED) is 0.858. The molecule has 1 aromatic rings. The molecule has 1 aromatic carbocycles. The van der Waals surface area contributed by atoms with E-state index in [1.54, 1.807) is 18.7 Å². The summed E-state index contributed by atoms with van der Waals surface area (Å²) in [5.41, 5.74) is 0.312. The molecule has 1 N–H and O–H groups in total. The summed E-state index contributed by atoms with van der Waals surface area (Å²) in [4.78, 5) is 24.8. The van der Waals surface area contributed by atoms with Gasteiger partial charge in [-0.05, 0) is 24.5 Å². The van der Waals surface area contributed by atoms with Crippen molar-refractivity contribution in [2.45, 2.75) is 33.6 Å². The van der Waals surface area contributed by atoms with Crippen molar-refractivity contribution in [1.82, 2.24) is 0 Å². The highest BCUT2D eigenvalue weighted by atomic mass is 16.4. The lowest BCUT2D eigenvalue weighted by atomic mass is 9.85. The number of para-hydroxylation sites is 1. The Morgan fingerprint density at radius 2 is 1.74 bits per heavy atom. The molecule has 0 fully saturated rings. The molecule has 0 aliphatic rings. The van der Waals surface area contributed by atoms with E-state index in [1.807, 2.05) is 37.3 Å². The summed E-state index contributed by atoms with van der Waals surface area (Å²) in [5.74, 6) is -0.916.